The van der Waals surface area contributed by atoms with Gasteiger partial charge in [0.2, 0.25) is 0 Å². The first-order valence-electron chi connectivity index (χ1n) is 9.50. The number of aryl methyl sites for hydroxylation is 1. The maximum Gasteiger partial charge on any atom is 0.313 e. The molecule has 8 nitrogen and oxygen atoms in total. The molecule has 2 heterocycles. The first kappa shape index (κ1) is 20.9. The summed E-state index contributed by atoms with van der Waals surface area (Å²) in [6.07, 6.45) is 1.91. The Morgan fingerprint density at radius 2 is 2.00 bits per heavy atom. The Labute approximate surface area is 173 Å². The molecule has 1 aromatic heterocycles. The lowest BCUT2D eigenvalue weighted by Gasteiger charge is -2.31. The number of carbonyl (C=O) groups is 2. The van der Waals surface area contributed by atoms with E-state index >= 15 is 0 Å². The lowest BCUT2D eigenvalue weighted by atomic mass is 9.96. The molecule has 1 aromatic carbocycles. The van der Waals surface area contributed by atoms with Crippen LogP contribution in [0.2, 0.25) is 0 Å². The maximum absolute atomic E-state index is 12.1. The van der Waals surface area contributed by atoms with Crippen molar-refractivity contribution in [3.05, 3.63) is 56.3 Å². The molecule has 0 spiro atoms. The number of nitrogens with zero attached hydrogens (tertiary/aromatic N) is 2. The van der Waals surface area contributed by atoms with E-state index in [1.807, 2.05) is 0 Å². The van der Waals surface area contributed by atoms with Crippen LogP contribution in [0.25, 0.3) is 0 Å². The summed E-state index contributed by atoms with van der Waals surface area (Å²) >= 11 is 1.70. The van der Waals surface area contributed by atoms with Crippen LogP contribution in [0, 0.1) is 23.0 Å². The number of carbonyl (C=O) groups excluding carboxylic acids is 2. The van der Waals surface area contributed by atoms with Crippen LogP contribution in [0.5, 0.6) is 0 Å². The summed E-state index contributed by atoms with van der Waals surface area (Å²) in [6.45, 7) is 5.00. The van der Waals surface area contributed by atoms with Gasteiger partial charge >= 0.3 is 11.8 Å². The minimum Gasteiger partial charge on any atom is -0.348 e. The number of anilines is 1. The van der Waals surface area contributed by atoms with Crippen molar-refractivity contribution >= 4 is 34.5 Å². The number of nitro benzene ring substituents is 1. The summed E-state index contributed by atoms with van der Waals surface area (Å²) < 4.78 is 0. The first-order valence-corrected chi connectivity index (χ1v) is 10.4. The number of hydrogen-bond acceptors (Lipinski definition) is 6. The number of benzene rings is 1. The smallest absolute Gasteiger partial charge is 0.313 e. The largest absolute Gasteiger partial charge is 0.348 e. The van der Waals surface area contributed by atoms with E-state index in [4.69, 9.17) is 0 Å². The van der Waals surface area contributed by atoms with Crippen molar-refractivity contribution in [3.8, 4) is 0 Å². The van der Waals surface area contributed by atoms with Gasteiger partial charge in [-0.05, 0) is 72.8 Å². The van der Waals surface area contributed by atoms with Crippen molar-refractivity contribution in [2.24, 2.45) is 5.92 Å². The van der Waals surface area contributed by atoms with E-state index in [1.54, 1.807) is 24.3 Å². The first-order chi connectivity index (χ1) is 13.9. The second-order valence-electron chi connectivity index (χ2n) is 7.29. The van der Waals surface area contributed by atoms with Gasteiger partial charge in [0, 0.05) is 19.2 Å². The maximum atomic E-state index is 12.1. The van der Waals surface area contributed by atoms with Crippen LogP contribution in [0.15, 0.2) is 35.0 Å². The third-order valence-corrected chi connectivity index (χ3v) is 5.78. The summed E-state index contributed by atoms with van der Waals surface area (Å²) in [7, 11) is 0. The summed E-state index contributed by atoms with van der Waals surface area (Å²) in [4.78, 5) is 37.2. The van der Waals surface area contributed by atoms with Crippen molar-refractivity contribution in [2.45, 2.75) is 26.3 Å². The molecule has 0 saturated carbocycles. The second kappa shape index (κ2) is 9.62. The van der Waals surface area contributed by atoms with E-state index in [-0.39, 0.29) is 11.4 Å². The molecule has 2 amide bonds. The minimum atomic E-state index is -0.896. The SMILES string of the molecule is Cc1ccc(NC(=O)C(=O)NCC2CCN(Cc3ccsc3)CC2)c([N+](=O)[O-])c1. The van der Waals surface area contributed by atoms with Gasteiger partial charge in [0.25, 0.3) is 5.69 Å². The van der Waals surface area contributed by atoms with Gasteiger partial charge < -0.3 is 10.6 Å². The minimum absolute atomic E-state index is 0.0162. The summed E-state index contributed by atoms with van der Waals surface area (Å²) in [5, 5.41) is 20.4. The zero-order valence-electron chi connectivity index (χ0n) is 16.2. The Morgan fingerprint density at radius 3 is 2.66 bits per heavy atom. The fourth-order valence-electron chi connectivity index (χ4n) is 3.38. The fraction of sp³-hybridized carbons (Fsp3) is 0.400. The number of piperidine rings is 1. The summed E-state index contributed by atoms with van der Waals surface area (Å²) in [6, 6.07) is 6.57. The lowest BCUT2D eigenvalue weighted by molar-refractivity contribution is -0.384. The number of nitro groups is 1. The Kier molecular flexibility index (Phi) is 6.95. The van der Waals surface area contributed by atoms with Crippen LogP contribution in [-0.2, 0) is 16.1 Å². The van der Waals surface area contributed by atoms with Crippen LogP contribution in [0.3, 0.4) is 0 Å². The van der Waals surface area contributed by atoms with Crippen LogP contribution < -0.4 is 10.6 Å². The molecule has 1 aliphatic heterocycles. The van der Waals surface area contributed by atoms with E-state index in [9.17, 15) is 19.7 Å². The van der Waals surface area contributed by atoms with Gasteiger partial charge in [-0.3, -0.25) is 24.6 Å². The topological polar surface area (TPSA) is 105 Å². The predicted octanol–water partition coefficient (Wildman–Crippen LogP) is 2.93. The number of thiophene rings is 1. The molecule has 0 atom stereocenters. The lowest BCUT2D eigenvalue weighted by Crippen LogP contribution is -2.41. The summed E-state index contributed by atoms with van der Waals surface area (Å²) in [5.74, 6) is -1.35. The van der Waals surface area contributed by atoms with Gasteiger partial charge in [0.1, 0.15) is 5.69 Å². The van der Waals surface area contributed by atoms with Gasteiger partial charge in [-0.15, -0.1) is 0 Å². The van der Waals surface area contributed by atoms with Crippen molar-refractivity contribution in [1.82, 2.24) is 10.2 Å². The molecule has 3 rings (SSSR count). The van der Waals surface area contributed by atoms with Crippen molar-refractivity contribution in [1.29, 1.82) is 0 Å². The van der Waals surface area contributed by atoms with Crippen molar-refractivity contribution in [2.75, 3.05) is 25.0 Å². The van der Waals surface area contributed by atoms with E-state index in [0.717, 1.165) is 32.5 Å². The molecule has 29 heavy (non-hydrogen) atoms. The highest BCUT2D eigenvalue weighted by Crippen LogP contribution is 2.25. The van der Waals surface area contributed by atoms with Crippen LogP contribution in [-0.4, -0.2) is 41.3 Å². The van der Waals surface area contributed by atoms with Gasteiger partial charge in [-0.1, -0.05) is 6.07 Å². The molecule has 9 heteroatoms. The average Bonchev–Trinajstić information content (AvgIpc) is 3.21. The Hall–Kier alpha value is -2.78. The van der Waals surface area contributed by atoms with Gasteiger partial charge in [-0.25, -0.2) is 0 Å². The summed E-state index contributed by atoms with van der Waals surface area (Å²) in [5.41, 5.74) is 1.81. The molecule has 1 fully saturated rings. The molecule has 0 radical (unpaired) electrons. The molecular formula is C20H24N4O4S. The zero-order valence-corrected chi connectivity index (χ0v) is 17.0. The monoisotopic (exact) mass is 416 g/mol. The quantitative estimate of drug-likeness (QED) is 0.428. The molecule has 2 N–H and O–H groups in total. The molecule has 0 bridgehead atoms. The molecule has 1 saturated heterocycles. The van der Waals surface area contributed by atoms with Crippen LogP contribution in [0.1, 0.15) is 24.0 Å². The van der Waals surface area contributed by atoms with Gasteiger partial charge in [-0.2, -0.15) is 11.3 Å². The molecule has 1 aliphatic rings. The zero-order chi connectivity index (χ0) is 20.8. The van der Waals surface area contributed by atoms with E-state index in [0.29, 0.717) is 18.0 Å². The van der Waals surface area contributed by atoms with Gasteiger partial charge in [0.15, 0.2) is 0 Å². The second-order valence-corrected chi connectivity index (χ2v) is 8.07. The Bertz CT molecular complexity index is 877. The average molecular weight is 417 g/mol. The highest BCUT2D eigenvalue weighted by Gasteiger charge is 2.23. The van der Waals surface area contributed by atoms with E-state index in [1.165, 1.54) is 17.7 Å². The highest BCUT2D eigenvalue weighted by molar-refractivity contribution is 7.07. The highest BCUT2D eigenvalue weighted by atomic mass is 32.1. The molecule has 0 unspecified atom stereocenters. The van der Waals surface area contributed by atoms with E-state index < -0.39 is 16.7 Å². The predicted molar refractivity (Wildman–Crippen MR) is 112 cm³/mol. The van der Waals surface area contributed by atoms with E-state index in [2.05, 4.69) is 32.4 Å². The van der Waals surface area contributed by atoms with Crippen LogP contribution >= 0.6 is 11.3 Å². The molecule has 2 aromatic rings. The Balaban J connectivity index is 1.44. The number of rotatable bonds is 6. The van der Waals surface area contributed by atoms with Crippen molar-refractivity contribution < 1.29 is 14.5 Å². The molecule has 154 valence electrons. The number of hydrogen-bond donors (Lipinski definition) is 2. The Morgan fingerprint density at radius 1 is 1.24 bits per heavy atom. The van der Waals surface area contributed by atoms with Gasteiger partial charge in [0.05, 0.1) is 4.92 Å². The number of likely N-dealkylation sites (tertiary alicyclic amines) is 1. The molecular weight excluding hydrogens is 392 g/mol. The van der Waals surface area contributed by atoms with Crippen LogP contribution in [0.4, 0.5) is 11.4 Å². The third-order valence-electron chi connectivity index (χ3n) is 5.05. The number of amides is 2. The normalized spacial score (nSPS) is 15.1. The fourth-order valence-corrected chi connectivity index (χ4v) is 4.04. The van der Waals surface area contributed by atoms with Crippen molar-refractivity contribution in [3.63, 3.8) is 0 Å². The third kappa shape index (κ3) is 5.85. The number of nitrogens with one attached hydrogen (secondary N) is 2. The standard InChI is InChI=1S/C20H24N4O4S/c1-14-2-3-17(18(10-14)24(27)28)22-20(26)19(25)21-11-15-4-7-23(8-5-15)12-16-6-9-29-13-16/h2-3,6,9-10,13,15H,4-5,7-8,11-12H2,1H3,(H,21,25)(H,22,26). The molecule has 0 aliphatic carbocycles.